The smallest absolute Gasteiger partial charge is 0.397 e. The number of alkyl halides is 17. The molecule has 0 aromatic heterocycles. The van der Waals surface area contributed by atoms with Crippen LogP contribution in [0.5, 0.6) is 0 Å². The van der Waals surface area contributed by atoms with E-state index in [0.29, 0.717) is 14.2 Å². The van der Waals surface area contributed by atoms with Crippen LogP contribution in [0.3, 0.4) is 0 Å². The highest BCUT2D eigenvalue weighted by Crippen LogP contribution is 2.64. The zero-order valence-corrected chi connectivity index (χ0v) is 15.4. The maximum atomic E-state index is 13.5. The van der Waals surface area contributed by atoms with E-state index in [1.807, 2.05) is 0 Å². The van der Waals surface area contributed by atoms with Gasteiger partial charge in [0.1, 0.15) is 0 Å². The Morgan fingerprint density at radius 1 is 0.452 bits per heavy atom. The summed E-state index contributed by atoms with van der Waals surface area (Å²) >= 11 is 0. The second kappa shape index (κ2) is 8.06. The molecule has 0 aromatic carbocycles. The molecule has 0 rings (SSSR count). The standard InChI is InChI=1S/C11H8F17O2Si/c1-29-31(30-2)3-4(12,13)5(14,15)6(16,17)7(18,19)8(20,21)9(22,23)10(24,25)11(26,27)28/h3H2,1-2H3. The minimum atomic E-state index is -8.63. The Hall–Kier alpha value is -1.05. The summed E-state index contributed by atoms with van der Waals surface area (Å²) < 4.78 is 229. The van der Waals surface area contributed by atoms with Gasteiger partial charge in [-0.15, -0.1) is 0 Å². The summed E-state index contributed by atoms with van der Waals surface area (Å²) in [4.78, 5) is 0. The second-order valence-electron chi connectivity index (χ2n) is 5.61. The van der Waals surface area contributed by atoms with Crippen molar-refractivity contribution in [1.82, 2.24) is 0 Å². The highest BCUT2D eigenvalue weighted by molar-refractivity contribution is 6.44. The summed E-state index contributed by atoms with van der Waals surface area (Å²) in [6, 6.07) is -2.69. The predicted molar refractivity (Wildman–Crippen MR) is 65.3 cm³/mol. The molecule has 0 spiro atoms. The zero-order valence-electron chi connectivity index (χ0n) is 14.4. The quantitative estimate of drug-likeness (QED) is 0.267. The molecular weight excluding hydrogens is 515 g/mol. The lowest BCUT2D eigenvalue weighted by Gasteiger charge is -2.42. The minimum absolute atomic E-state index is 0.465. The Balaban J connectivity index is 6.62. The van der Waals surface area contributed by atoms with Gasteiger partial charge in [0.05, 0.1) is 6.04 Å². The summed E-state index contributed by atoms with van der Waals surface area (Å²) in [6.45, 7) is 0. The van der Waals surface area contributed by atoms with Crippen molar-refractivity contribution in [2.45, 2.75) is 53.7 Å². The van der Waals surface area contributed by atoms with Crippen LogP contribution in [0.15, 0.2) is 0 Å². The van der Waals surface area contributed by atoms with E-state index in [-0.39, 0.29) is 0 Å². The zero-order chi connectivity index (χ0) is 25.7. The molecule has 0 bridgehead atoms. The van der Waals surface area contributed by atoms with Crippen LogP contribution in [0.25, 0.3) is 0 Å². The molecule has 0 aliphatic heterocycles. The fourth-order valence-corrected chi connectivity index (χ4v) is 2.76. The first-order valence-corrected chi connectivity index (χ1v) is 8.42. The Labute approximate surface area is 162 Å². The molecule has 0 saturated heterocycles. The number of halogens is 17. The van der Waals surface area contributed by atoms with E-state index < -0.39 is 63.0 Å². The van der Waals surface area contributed by atoms with E-state index in [2.05, 4.69) is 8.85 Å². The highest BCUT2D eigenvalue weighted by Gasteiger charge is 2.95. The maximum Gasteiger partial charge on any atom is 0.460 e. The van der Waals surface area contributed by atoms with Crippen LogP contribution >= 0.6 is 0 Å². The van der Waals surface area contributed by atoms with Crippen molar-refractivity contribution in [3.8, 4) is 0 Å². The van der Waals surface area contributed by atoms with E-state index >= 15 is 0 Å². The van der Waals surface area contributed by atoms with Crippen molar-refractivity contribution < 1.29 is 83.5 Å². The predicted octanol–water partition coefficient (Wildman–Crippen LogP) is 5.78. The van der Waals surface area contributed by atoms with Crippen LogP contribution < -0.4 is 0 Å². The van der Waals surface area contributed by atoms with Crippen LogP contribution in [0.4, 0.5) is 74.6 Å². The molecule has 2 nitrogen and oxygen atoms in total. The molecule has 20 heteroatoms. The highest BCUT2D eigenvalue weighted by atomic mass is 28.3. The van der Waals surface area contributed by atoms with Crippen LogP contribution in [0.2, 0.25) is 6.04 Å². The van der Waals surface area contributed by atoms with Crippen LogP contribution in [0.1, 0.15) is 0 Å². The first-order chi connectivity index (χ1) is 13.2. The Morgan fingerprint density at radius 2 is 0.710 bits per heavy atom. The van der Waals surface area contributed by atoms with E-state index in [1.54, 1.807) is 0 Å². The van der Waals surface area contributed by atoms with Gasteiger partial charge in [0.2, 0.25) is 0 Å². The fourth-order valence-electron chi connectivity index (χ4n) is 1.72. The van der Waals surface area contributed by atoms with Crippen molar-refractivity contribution in [3.63, 3.8) is 0 Å². The lowest BCUT2D eigenvalue weighted by Crippen LogP contribution is -2.74. The first-order valence-electron chi connectivity index (χ1n) is 6.89. The molecule has 187 valence electrons. The molecule has 0 heterocycles. The molecule has 0 fully saturated rings. The van der Waals surface area contributed by atoms with E-state index in [1.165, 1.54) is 0 Å². The maximum absolute atomic E-state index is 13.5. The Bertz CT molecular complexity index is 624. The first kappa shape index (κ1) is 29.9. The largest absolute Gasteiger partial charge is 0.460 e. The SMILES string of the molecule is CO[Si](CC(F)(F)C(F)(F)C(F)(F)C(F)(F)C(F)(F)C(F)(F)C(F)(F)C(F)(F)F)OC. The number of hydrogen-bond donors (Lipinski definition) is 0. The fraction of sp³-hybridized carbons (Fsp3) is 1.00. The molecule has 0 saturated carbocycles. The third-order valence-corrected chi connectivity index (χ3v) is 5.25. The average molecular weight is 523 g/mol. The third-order valence-electron chi connectivity index (χ3n) is 3.61. The normalized spacial score (nSPS) is 16.3. The molecule has 0 aromatic rings. The Morgan fingerprint density at radius 3 is 0.968 bits per heavy atom. The Kier molecular flexibility index (Phi) is 7.79. The van der Waals surface area contributed by atoms with Gasteiger partial charge >= 0.3 is 56.9 Å². The number of hydrogen-bond acceptors (Lipinski definition) is 2. The van der Waals surface area contributed by atoms with Crippen molar-refractivity contribution in [2.24, 2.45) is 0 Å². The molecule has 0 aliphatic rings. The topological polar surface area (TPSA) is 18.5 Å². The van der Waals surface area contributed by atoms with E-state index in [0.717, 1.165) is 0 Å². The van der Waals surface area contributed by atoms with Crippen molar-refractivity contribution in [1.29, 1.82) is 0 Å². The van der Waals surface area contributed by atoms with Crippen LogP contribution in [-0.2, 0) is 8.85 Å². The molecule has 31 heavy (non-hydrogen) atoms. The lowest BCUT2D eigenvalue weighted by atomic mass is 9.89. The monoisotopic (exact) mass is 523 g/mol. The van der Waals surface area contributed by atoms with Gasteiger partial charge in [-0.2, -0.15) is 74.6 Å². The van der Waals surface area contributed by atoms with Gasteiger partial charge in [-0.3, -0.25) is 0 Å². The average Bonchev–Trinajstić information content (AvgIpc) is 2.57. The molecule has 1 radical (unpaired) electrons. The molecule has 0 aliphatic carbocycles. The second-order valence-corrected chi connectivity index (χ2v) is 7.52. The molecular formula is C11H8F17O2Si. The lowest BCUT2D eigenvalue weighted by molar-refractivity contribution is -0.461. The third kappa shape index (κ3) is 4.18. The van der Waals surface area contributed by atoms with Crippen molar-refractivity contribution in [2.75, 3.05) is 14.2 Å². The van der Waals surface area contributed by atoms with Gasteiger partial charge in [0.25, 0.3) is 0 Å². The van der Waals surface area contributed by atoms with E-state index in [9.17, 15) is 74.6 Å². The summed E-state index contributed by atoms with van der Waals surface area (Å²) in [7, 11) is -2.76. The molecule has 0 amide bonds. The summed E-state index contributed by atoms with van der Waals surface area (Å²) in [5.41, 5.74) is 0. The summed E-state index contributed by atoms with van der Waals surface area (Å²) in [5, 5.41) is 0. The van der Waals surface area contributed by atoms with Gasteiger partial charge in [0, 0.05) is 14.2 Å². The van der Waals surface area contributed by atoms with Crippen LogP contribution in [-0.4, -0.2) is 71.1 Å². The van der Waals surface area contributed by atoms with Crippen LogP contribution in [0, 0.1) is 0 Å². The van der Waals surface area contributed by atoms with Crippen molar-refractivity contribution in [3.05, 3.63) is 0 Å². The van der Waals surface area contributed by atoms with Gasteiger partial charge in [-0.05, 0) is 0 Å². The van der Waals surface area contributed by atoms with Gasteiger partial charge < -0.3 is 8.85 Å². The summed E-state index contributed by atoms with van der Waals surface area (Å²) in [5.74, 6) is -56.4. The number of rotatable bonds is 10. The molecule has 0 N–H and O–H groups in total. The van der Waals surface area contributed by atoms with Gasteiger partial charge in [-0.1, -0.05) is 0 Å². The van der Waals surface area contributed by atoms with E-state index in [4.69, 9.17) is 0 Å². The van der Waals surface area contributed by atoms with Gasteiger partial charge in [0.15, 0.2) is 0 Å². The van der Waals surface area contributed by atoms with Gasteiger partial charge in [-0.25, -0.2) is 0 Å². The minimum Gasteiger partial charge on any atom is -0.397 e. The summed E-state index contributed by atoms with van der Waals surface area (Å²) in [6.07, 6.45) is -7.77. The molecule has 0 atom stereocenters. The van der Waals surface area contributed by atoms with Crippen molar-refractivity contribution >= 4 is 9.28 Å². The molecule has 0 unspecified atom stereocenters.